The van der Waals surface area contributed by atoms with Crippen LogP contribution in [0.5, 0.6) is 5.75 Å². The van der Waals surface area contributed by atoms with E-state index in [0.717, 1.165) is 5.56 Å². The number of carbonyl (C=O) groups is 2. The number of nitrogens with zero attached hydrogens (tertiary/aromatic N) is 3. The second-order valence-corrected chi connectivity index (χ2v) is 9.69. The van der Waals surface area contributed by atoms with Gasteiger partial charge < -0.3 is 29.7 Å². The highest BCUT2D eigenvalue weighted by Gasteiger charge is 2.19. The predicted octanol–water partition coefficient (Wildman–Crippen LogP) is 3.31. The topological polar surface area (TPSA) is 121 Å². The summed E-state index contributed by atoms with van der Waals surface area (Å²) in [7, 11) is 8.84. The van der Waals surface area contributed by atoms with Crippen molar-refractivity contribution in [3.8, 4) is 17.0 Å². The molecule has 2 aromatic heterocycles. The third-order valence-corrected chi connectivity index (χ3v) is 5.80. The fraction of sp³-hybridized carbons (Fsp3) is 0.355. The van der Waals surface area contributed by atoms with Crippen molar-refractivity contribution in [2.45, 2.75) is 20.3 Å². The largest absolute Gasteiger partial charge is 0.494 e. The van der Waals surface area contributed by atoms with Crippen LogP contribution in [0.2, 0.25) is 0 Å². The summed E-state index contributed by atoms with van der Waals surface area (Å²) < 4.78 is 44.6. The highest BCUT2D eigenvalue weighted by atomic mass is 19.2. The van der Waals surface area contributed by atoms with Gasteiger partial charge in [0.15, 0.2) is 23.0 Å². The van der Waals surface area contributed by atoms with Gasteiger partial charge in [0.2, 0.25) is 5.82 Å². The van der Waals surface area contributed by atoms with Crippen molar-refractivity contribution < 1.29 is 37.5 Å². The molecule has 2 aromatic carbocycles. The minimum absolute atomic E-state index is 0.0471. The number of fused-ring (bicyclic) bond motifs is 1. The molecule has 0 aliphatic rings. The minimum Gasteiger partial charge on any atom is -0.494 e. The number of amides is 1. The van der Waals surface area contributed by atoms with Crippen molar-refractivity contribution in [1.82, 2.24) is 19.7 Å². The number of imidazole rings is 1. The third kappa shape index (κ3) is 9.71. The summed E-state index contributed by atoms with van der Waals surface area (Å²) in [6, 6.07) is 8.23. The monoisotopic (exact) mass is 615 g/mol. The lowest BCUT2D eigenvalue weighted by molar-refractivity contribution is -0.836. The number of hydrogen-bond donors (Lipinski definition) is 3. The number of ether oxygens (including phenoxy) is 3. The summed E-state index contributed by atoms with van der Waals surface area (Å²) in [5.74, 6) is -2.00. The summed E-state index contributed by atoms with van der Waals surface area (Å²) in [5.41, 5.74) is 3.00. The average molecular weight is 616 g/mol. The molecule has 0 saturated carbocycles. The van der Waals surface area contributed by atoms with E-state index in [1.54, 1.807) is 28.9 Å². The van der Waals surface area contributed by atoms with Crippen molar-refractivity contribution in [2.24, 2.45) is 0 Å². The van der Waals surface area contributed by atoms with Gasteiger partial charge in [0.1, 0.15) is 0 Å². The number of carbonyl (C=O) groups excluding carboxylic acids is 2. The Morgan fingerprint density at radius 2 is 1.77 bits per heavy atom. The summed E-state index contributed by atoms with van der Waals surface area (Å²) >= 11 is 0. The van der Waals surface area contributed by atoms with Crippen LogP contribution in [0, 0.1) is 11.6 Å². The lowest BCUT2D eigenvalue weighted by atomic mass is 10.0. The lowest BCUT2D eigenvalue weighted by Crippen LogP contribution is -3.02. The molecule has 238 valence electrons. The molecule has 0 bridgehead atoms. The molecule has 0 saturated heterocycles. The Balaban J connectivity index is 0.000000754. The second-order valence-electron chi connectivity index (χ2n) is 9.69. The lowest BCUT2D eigenvalue weighted by Gasteiger charge is -2.13. The van der Waals surface area contributed by atoms with Crippen LogP contribution in [-0.4, -0.2) is 81.9 Å². The number of hydrogen-bond acceptors (Lipinski definition) is 8. The Bertz CT molecular complexity index is 1510. The van der Waals surface area contributed by atoms with E-state index >= 15 is 0 Å². The van der Waals surface area contributed by atoms with E-state index in [-0.39, 0.29) is 17.2 Å². The quantitative estimate of drug-likeness (QED) is 0.174. The number of quaternary nitrogens is 1. The van der Waals surface area contributed by atoms with E-state index < -0.39 is 11.6 Å². The van der Waals surface area contributed by atoms with E-state index in [0.29, 0.717) is 61.1 Å². The molecule has 4 rings (SSSR count). The van der Waals surface area contributed by atoms with Gasteiger partial charge in [-0.2, -0.15) is 4.39 Å². The van der Waals surface area contributed by atoms with Gasteiger partial charge in [-0.3, -0.25) is 14.0 Å². The van der Waals surface area contributed by atoms with E-state index in [9.17, 15) is 13.6 Å². The number of methoxy groups -OCH3 is 2. The molecule has 11 nitrogen and oxygen atoms in total. The molecule has 2 heterocycles. The molecule has 1 amide bonds. The summed E-state index contributed by atoms with van der Waals surface area (Å²) in [6.45, 7) is 5.74. The number of halogens is 2. The fourth-order valence-corrected chi connectivity index (χ4v) is 3.89. The van der Waals surface area contributed by atoms with Crippen molar-refractivity contribution in [1.29, 1.82) is 0 Å². The van der Waals surface area contributed by atoms with E-state index in [1.165, 1.54) is 37.4 Å². The molecule has 0 aliphatic carbocycles. The number of benzene rings is 2. The van der Waals surface area contributed by atoms with Crippen LogP contribution in [0.3, 0.4) is 0 Å². The molecule has 4 aromatic rings. The van der Waals surface area contributed by atoms with Gasteiger partial charge >= 0.3 is 0 Å². The molecular weight excluding hydrogens is 574 g/mol. The average Bonchev–Trinajstić information content (AvgIpc) is 3.45. The van der Waals surface area contributed by atoms with Gasteiger partial charge in [-0.15, -0.1) is 0 Å². The van der Waals surface area contributed by atoms with Crippen molar-refractivity contribution in [2.75, 3.05) is 60.4 Å². The number of rotatable bonds is 11. The van der Waals surface area contributed by atoms with Crippen LogP contribution in [0.15, 0.2) is 48.9 Å². The molecule has 0 atom stereocenters. The molecule has 44 heavy (non-hydrogen) atoms. The van der Waals surface area contributed by atoms with Gasteiger partial charge in [-0.25, -0.2) is 14.4 Å². The predicted molar refractivity (Wildman–Crippen MR) is 165 cm³/mol. The second kappa shape index (κ2) is 18.1. The number of anilines is 2. The Morgan fingerprint density at radius 1 is 1.07 bits per heavy atom. The molecule has 0 fully saturated rings. The zero-order valence-electron chi connectivity index (χ0n) is 26.2. The summed E-state index contributed by atoms with van der Waals surface area (Å²) in [5, 5.41) is 6.08. The molecule has 3 N–H and O–H groups in total. The molecule has 0 spiro atoms. The van der Waals surface area contributed by atoms with Gasteiger partial charge in [0.05, 0.1) is 53.9 Å². The van der Waals surface area contributed by atoms with Crippen LogP contribution in [-0.2, 0) is 20.7 Å². The zero-order chi connectivity index (χ0) is 32.6. The maximum Gasteiger partial charge on any atom is 0.292 e. The van der Waals surface area contributed by atoms with Gasteiger partial charge in [0, 0.05) is 42.4 Å². The number of aromatic nitrogens is 3. The molecule has 0 aliphatic heterocycles. The van der Waals surface area contributed by atoms with Crippen LogP contribution < -0.4 is 20.3 Å². The number of nitrogens with one attached hydrogen (secondary N) is 3. The van der Waals surface area contributed by atoms with Crippen LogP contribution in [0.1, 0.15) is 29.8 Å². The first-order chi connectivity index (χ1) is 21.1. The standard InChI is InChI=1S/C26H27F2N5O3.C3H9N.C2H4O2/c1-4-16-14-17(6-7-18(16)26(34)30-11-13-36-5-2)32-24-25-31-15-20(33(25)12-10-29-24)19-8-9-21(35-3)23(28)22(19)27;1-4(2)3;1-4-2-3/h6-10,12,14-15H,4-5,11,13H2,1-3H3,(H,29,32)(H,30,34);1-3H3;2H,1H3/p+1. The van der Waals surface area contributed by atoms with Crippen molar-refractivity contribution >= 4 is 29.5 Å². The Kier molecular flexibility index (Phi) is 14.7. The smallest absolute Gasteiger partial charge is 0.292 e. The Morgan fingerprint density at radius 3 is 2.39 bits per heavy atom. The van der Waals surface area contributed by atoms with E-state index in [1.807, 2.05) is 19.9 Å². The summed E-state index contributed by atoms with van der Waals surface area (Å²) in [4.78, 5) is 31.7. The molecular formula is C31H41F2N6O5+. The van der Waals surface area contributed by atoms with Gasteiger partial charge in [-0.05, 0) is 49.2 Å². The Labute approximate surface area is 256 Å². The highest BCUT2D eigenvalue weighted by Crippen LogP contribution is 2.31. The van der Waals surface area contributed by atoms with Crippen LogP contribution in [0.25, 0.3) is 16.9 Å². The summed E-state index contributed by atoms with van der Waals surface area (Å²) in [6.07, 6.45) is 5.27. The maximum absolute atomic E-state index is 14.7. The molecule has 0 radical (unpaired) electrons. The number of aryl methyl sites for hydroxylation is 1. The normalized spacial score (nSPS) is 10.3. The molecule has 13 heteroatoms. The minimum atomic E-state index is -1.06. The van der Waals surface area contributed by atoms with Crippen LogP contribution >= 0.6 is 0 Å². The fourth-order valence-electron chi connectivity index (χ4n) is 3.89. The van der Waals surface area contributed by atoms with Gasteiger partial charge in [0.25, 0.3) is 12.4 Å². The van der Waals surface area contributed by atoms with E-state index in [4.69, 9.17) is 14.3 Å². The SMILES string of the molecule is CCOCCNC(=O)c1ccc(Nc2nccn3c(-c4ccc(OC)c(F)c4F)cnc23)cc1CC.COC=O.C[NH+](C)C. The van der Waals surface area contributed by atoms with E-state index in [2.05, 4.69) is 46.5 Å². The third-order valence-electron chi connectivity index (χ3n) is 5.80. The molecule has 0 unspecified atom stereocenters. The highest BCUT2D eigenvalue weighted by molar-refractivity contribution is 5.96. The van der Waals surface area contributed by atoms with Crippen molar-refractivity contribution in [3.63, 3.8) is 0 Å². The first-order valence-electron chi connectivity index (χ1n) is 14.0. The first kappa shape index (κ1) is 35.6. The maximum atomic E-state index is 14.7. The van der Waals surface area contributed by atoms with Crippen LogP contribution in [0.4, 0.5) is 20.3 Å². The Hall–Kier alpha value is -4.62. The zero-order valence-corrected chi connectivity index (χ0v) is 26.2. The van der Waals surface area contributed by atoms with Gasteiger partial charge in [-0.1, -0.05) is 6.92 Å². The van der Waals surface area contributed by atoms with Crippen molar-refractivity contribution in [3.05, 3.63) is 71.7 Å². The first-order valence-corrected chi connectivity index (χ1v) is 14.0.